The van der Waals surface area contributed by atoms with Crippen LogP contribution >= 0.6 is 0 Å². The Morgan fingerprint density at radius 3 is 2.33 bits per heavy atom. The van der Waals surface area contributed by atoms with Gasteiger partial charge < -0.3 is 15.3 Å². The molecule has 1 rings (SSSR count). The van der Waals surface area contributed by atoms with E-state index in [1.807, 2.05) is 0 Å². The summed E-state index contributed by atoms with van der Waals surface area (Å²) in [5.74, 6) is 0. The molecule has 1 aliphatic carbocycles. The van der Waals surface area contributed by atoms with E-state index in [0.29, 0.717) is 12.1 Å². The van der Waals surface area contributed by atoms with Crippen molar-refractivity contribution in [2.75, 3.05) is 20.2 Å². The second-order valence-corrected chi connectivity index (χ2v) is 4.94. The van der Waals surface area contributed by atoms with E-state index in [1.165, 1.54) is 25.7 Å². The smallest absolute Gasteiger partial charge is 0.0556 e. The largest absolute Gasteiger partial charge is 0.395 e. The van der Waals surface area contributed by atoms with Gasteiger partial charge in [-0.1, -0.05) is 0 Å². The van der Waals surface area contributed by atoms with Crippen LogP contribution in [0.15, 0.2) is 0 Å². The number of rotatable bonds is 5. The lowest BCUT2D eigenvalue weighted by atomic mass is 9.90. The summed E-state index contributed by atoms with van der Waals surface area (Å²) in [5, 5.41) is 12.1. The molecule has 0 saturated heterocycles. The Morgan fingerprint density at radius 2 is 1.87 bits per heavy atom. The van der Waals surface area contributed by atoms with Crippen LogP contribution in [0, 0.1) is 0 Å². The highest BCUT2D eigenvalue weighted by atomic mass is 16.3. The van der Waals surface area contributed by atoms with Gasteiger partial charge in [-0.05, 0) is 46.6 Å². The number of aliphatic hydroxyl groups excluding tert-OH is 1. The van der Waals surface area contributed by atoms with Crippen molar-refractivity contribution in [1.29, 1.82) is 0 Å². The molecule has 0 heterocycles. The first-order valence-corrected chi connectivity index (χ1v) is 6.21. The van der Waals surface area contributed by atoms with Crippen LogP contribution < -0.4 is 5.32 Å². The number of aliphatic hydroxyl groups is 1. The first kappa shape index (κ1) is 12.9. The van der Waals surface area contributed by atoms with Crippen LogP contribution in [0.5, 0.6) is 0 Å². The van der Waals surface area contributed by atoms with E-state index in [-0.39, 0.29) is 6.61 Å². The molecule has 15 heavy (non-hydrogen) atoms. The van der Waals surface area contributed by atoms with Crippen molar-refractivity contribution in [3.8, 4) is 0 Å². The minimum absolute atomic E-state index is 0.256. The normalized spacial score (nSPS) is 27.6. The summed E-state index contributed by atoms with van der Waals surface area (Å²) < 4.78 is 0. The molecule has 2 N–H and O–H groups in total. The van der Waals surface area contributed by atoms with E-state index in [1.54, 1.807) is 0 Å². The molecule has 0 amide bonds. The zero-order valence-electron chi connectivity index (χ0n) is 10.4. The molecule has 3 heteroatoms. The van der Waals surface area contributed by atoms with Crippen molar-refractivity contribution in [2.24, 2.45) is 0 Å². The SMILES string of the molecule is CC(C)N(C)C1CCC(NCCO)CC1. The maximum Gasteiger partial charge on any atom is 0.0556 e. The van der Waals surface area contributed by atoms with Crippen molar-refractivity contribution in [3.05, 3.63) is 0 Å². The Hall–Kier alpha value is -0.120. The average Bonchev–Trinajstić information content (AvgIpc) is 2.26. The molecule has 0 aromatic heterocycles. The third-order valence-electron chi connectivity index (χ3n) is 3.63. The predicted molar refractivity (Wildman–Crippen MR) is 64.0 cm³/mol. The lowest BCUT2D eigenvalue weighted by Crippen LogP contribution is -2.43. The molecule has 90 valence electrons. The molecule has 1 fully saturated rings. The van der Waals surface area contributed by atoms with Crippen molar-refractivity contribution in [3.63, 3.8) is 0 Å². The molecule has 0 spiro atoms. The van der Waals surface area contributed by atoms with E-state index >= 15 is 0 Å². The average molecular weight is 214 g/mol. The van der Waals surface area contributed by atoms with Gasteiger partial charge in [-0.25, -0.2) is 0 Å². The Kier molecular flexibility index (Phi) is 5.58. The zero-order valence-corrected chi connectivity index (χ0v) is 10.4. The van der Waals surface area contributed by atoms with Gasteiger partial charge in [0.2, 0.25) is 0 Å². The molecule has 0 aliphatic heterocycles. The molecular formula is C12H26N2O. The third-order valence-corrected chi connectivity index (χ3v) is 3.63. The fourth-order valence-corrected chi connectivity index (χ4v) is 2.38. The number of nitrogens with zero attached hydrogens (tertiary/aromatic N) is 1. The van der Waals surface area contributed by atoms with Crippen molar-refractivity contribution >= 4 is 0 Å². The minimum Gasteiger partial charge on any atom is -0.395 e. The molecule has 0 aromatic carbocycles. The topological polar surface area (TPSA) is 35.5 Å². The van der Waals surface area contributed by atoms with Gasteiger partial charge in [-0.3, -0.25) is 0 Å². The minimum atomic E-state index is 0.256. The fraction of sp³-hybridized carbons (Fsp3) is 1.00. The summed E-state index contributed by atoms with van der Waals surface area (Å²) >= 11 is 0. The molecule has 1 saturated carbocycles. The summed E-state index contributed by atoms with van der Waals surface area (Å²) in [4.78, 5) is 2.49. The molecule has 0 bridgehead atoms. The highest BCUT2D eigenvalue weighted by Gasteiger charge is 2.24. The van der Waals surface area contributed by atoms with E-state index < -0.39 is 0 Å². The fourth-order valence-electron chi connectivity index (χ4n) is 2.38. The van der Waals surface area contributed by atoms with Crippen LogP contribution in [0.4, 0.5) is 0 Å². The molecule has 0 aromatic rings. The summed E-state index contributed by atoms with van der Waals surface area (Å²) in [7, 11) is 2.23. The first-order chi connectivity index (χ1) is 7.15. The van der Waals surface area contributed by atoms with Crippen molar-refractivity contribution in [2.45, 2.75) is 57.7 Å². The summed E-state index contributed by atoms with van der Waals surface area (Å²) in [5.41, 5.74) is 0. The molecule has 1 aliphatic rings. The van der Waals surface area contributed by atoms with Crippen LogP contribution in [-0.4, -0.2) is 48.3 Å². The monoisotopic (exact) mass is 214 g/mol. The zero-order chi connectivity index (χ0) is 11.3. The third kappa shape index (κ3) is 4.09. The molecule has 3 nitrogen and oxygen atoms in total. The van der Waals surface area contributed by atoms with Gasteiger partial charge in [-0.2, -0.15) is 0 Å². The number of hydrogen-bond acceptors (Lipinski definition) is 3. The maximum absolute atomic E-state index is 8.74. The van der Waals surface area contributed by atoms with Gasteiger partial charge in [0.05, 0.1) is 6.61 Å². The molecule has 0 unspecified atom stereocenters. The quantitative estimate of drug-likeness (QED) is 0.722. The highest BCUT2D eigenvalue weighted by Crippen LogP contribution is 2.23. The van der Waals surface area contributed by atoms with Gasteiger partial charge in [0.25, 0.3) is 0 Å². The number of nitrogens with one attached hydrogen (secondary N) is 1. The number of hydrogen-bond donors (Lipinski definition) is 2. The summed E-state index contributed by atoms with van der Waals surface area (Å²) in [6.07, 6.45) is 5.08. The maximum atomic E-state index is 8.74. The van der Waals surface area contributed by atoms with E-state index in [0.717, 1.165) is 12.6 Å². The van der Waals surface area contributed by atoms with Gasteiger partial charge in [-0.15, -0.1) is 0 Å². The standard InChI is InChI=1S/C12H26N2O/c1-10(2)14(3)12-6-4-11(5-7-12)13-8-9-15/h10-13,15H,4-9H2,1-3H3. The second kappa shape index (κ2) is 6.46. The Morgan fingerprint density at radius 1 is 1.27 bits per heavy atom. The lowest BCUT2D eigenvalue weighted by molar-refractivity contribution is 0.141. The van der Waals surface area contributed by atoms with Crippen molar-refractivity contribution in [1.82, 2.24) is 10.2 Å². The Labute approximate surface area is 93.9 Å². The van der Waals surface area contributed by atoms with Crippen LogP contribution in [0.1, 0.15) is 39.5 Å². The van der Waals surface area contributed by atoms with Crippen LogP contribution in [0.2, 0.25) is 0 Å². The van der Waals surface area contributed by atoms with Gasteiger partial charge >= 0.3 is 0 Å². The van der Waals surface area contributed by atoms with E-state index in [9.17, 15) is 0 Å². The van der Waals surface area contributed by atoms with Gasteiger partial charge in [0, 0.05) is 24.7 Å². The van der Waals surface area contributed by atoms with Gasteiger partial charge in [0.1, 0.15) is 0 Å². The Balaban J connectivity index is 2.23. The first-order valence-electron chi connectivity index (χ1n) is 6.21. The molecule has 0 atom stereocenters. The summed E-state index contributed by atoms with van der Waals surface area (Å²) in [6, 6.07) is 2.04. The van der Waals surface area contributed by atoms with Crippen molar-refractivity contribution < 1.29 is 5.11 Å². The highest BCUT2D eigenvalue weighted by molar-refractivity contribution is 4.82. The second-order valence-electron chi connectivity index (χ2n) is 4.94. The van der Waals surface area contributed by atoms with Crippen LogP contribution in [0.3, 0.4) is 0 Å². The van der Waals surface area contributed by atoms with Crippen LogP contribution in [0.25, 0.3) is 0 Å². The van der Waals surface area contributed by atoms with E-state index in [4.69, 9.17) is 5.11 Å². The predicted octanol–water partition coefficient (Wildman–Crippen LogP) is 1.22. The summed E-state index contributed by atoms with van der Waals surface area (Å²) in [6.45, 7) is 5.52. The van der Waals surface area contributed by atoms with Gasteiger partial charge in [0.15, 0.2) is 0 Å². The van der Waals surface area contributed by atoms with Crippen LogP contribution in [-0.2, 0) is 0 Å². The Bertz CT molecular complexity index is 165. The lowest BCUT2D eigenvalue weighted by Gasteiger charge is -2.37. The van der Waals surface area contributed by atoms with E-state index in [2.05, 4.69) is 31.1 Å². The molecular weight excluding hydrogens is 188 g/mol. The molecule has 0 radical (unpaired) electrons.